The van der Waals surface area contributed by atoms with E-state index in [4.69, 9.17) is 18.9 Å². The zero-order chi connectivity index (χ0) is 28.2. The van der Waals surface area contributed by atoms with Crippen molar-refractivity contribution in [1.29, 1.82) is 0 Å². The van der Waals surface area contributed by atoms with Crippen molar-refractivity contribution < 1.29 is 28.5 Å². The summed E-state index contributed by atoms with van der Waals surface area (Å²) < 4.78 is 23.1. The molecule has 0 saturated heterocycles. The van der Waals surface area contributed by atoms with Crippen LogP contribution in [0.2, 0.25) is 0 Å². The van der Waals surface area contributed by atoms with Gasteiger partial charge in [-0.3, -0.25) is 0 Å². The second-order valence-corrected chi connectivity index (χ2v) is 9.89. The van der Waals surface area contributed by atoms with Gasteiger partial charge in [0.05, 0.1) is 27.0 Å². The molecule has 0 saturated carbocycles. The molecule has 0 spiro atoms. The van der Waals surface area contributed by atoms with Crippen LogP contribution in [0.3, 0.4) is 0 Å². The quantitative estimate of drug-likeness (QED) is 0.259. The van der Waals surface area contributed by atoms with Crippen LogP contribution in [0.4, 0.5) is 0 Å². The molecule has 0 radical (unpaired) electrons. The molecule has 0 N–H and O–H groups in total. The lowest BCUT2D eigenvalue weighted by molar-refractivity contribution is 0.0549. The van der Waals surface area contributed by atoms with Crippen molar-refractivity contribution in [1.82, 2.24) is 9.78 Å². The molecule has 0 fully saturated rings. The monoisotopic (exact) mass is 528 g/mol. The van der Waals surface area contributed by atoms with Gasteiger partial charge >= 0.3 is 11.9 Å². The molecule has 4 rings (SSSR count). The van der Waals surface area contributed by atoms with Crippen molar-refractivity contribution in [3.8, 4) is 28.4 Å². The van der Waals surface area contributed by atoms with Gasteiger partial charge in [-0.15, -0.1) is 0 Å². The average Bonchev–Trinajstić information content (AvgIpc) is 3.36. The van der Waals surface area contributed by atoms with Crippen molar-refractivity contribution >= 4 is 11.9 Å². The Kier molecular flexibility index (Phi) is 8.04. The molecule has 1 heterocycles. The minimum Gasteiger partial charge on any atom is -0.496 e. The minimum atomic E-state index is -0.714. The molecule has 0 bridgehead atoms. The lowest BCUT2D eigenvalue weighted by Gasteiger charge is -2.19. The summed E-state index contributed by atoms with van der Waals surface area (Å²) in [6.45, 7) is 6.69. The Balaban J connectivity index is 1.78. The Labute approximate surface area is 228 Å². The second-order valence-electron chi connectivity index (χ2n) is 9.89. The van der Waals surface area contributed by atoms with Gasteiger partial charge in [-0.05, 0) is 53.4 Å². The fourth-order valence-corrected chi connectivity index (χ4v) is 4.21. The number of benzene rings is 3. The Morgan fingerprint density at radius 2 is 1.51 bits per heavy atom. The van der Waals surface area contributed by atoms with Crippen molar-refractivity contribution in [3.05, 3.63) is 95.2 Å². The highest BCUT2D eigenvalue weighted by Gasteiger charge is 2.31. The summed E-state index contributed by atoms with van der Waals surface area (Å²) >= 11 is 0. The van der Waals surface area contributed by atoms with Crippen LogP contribution < -0.4 is 9.47 Å². The molecule has 0 amide bonds. The van der Waals surface area contributed by atoms with E-state index in [1.807, 2.05) is 36.4 Å². The predicted octanol–water partition coefficient (Wildman–Crippen LogP) is 6.00. The average molecular weight is 529 g/mol. The number of nitrogens with zero attached hydrogens (tertiary/aromatic N) is 2. The van der Waals surface area contributed by atoms with Crippen LogP contribution in [0, 0.1) is 0 Å². The van der Waals surface area contributed by atoms with Crippen LogP contribution in [0.15, 0.2) is 72.8 Å². The summed E-state index contributed by atoms with van der Waals surface area (Å²) in [5.74, 6) is -0.0960. The van der Waals surface area contributed by atoms with Gasteiger partial charge in [-0.1, -0.05) is 51.1 Å². The molecule has 3 aromatic carbocycles. The van der Waals surface area contributed by atoms with Crippen molar-refractivity contribution in [3.63, 3.8) is 0 Å². The molecule has 8 nitrogen and oxygen atoms in total. The number of hydrogen-bond donors (Lipinski definition) is 0. The van der Waals surface area contributed by atoms with Gasteiger partial charge < -0.3 is 18.9 Å². The van der Waals surface area contributed by atoms with Gasteiger partial charge in [0.2, 0.25) is 0 Å². The van der Waals surface area contributed by atoms with E-state index in [0.717, 1.165) is 5.56 Å². The summed E-state index contributed by atoms with van der Waals surface area (Å²) in [5, 5.41) is 4.67. The molecule has 0 unspecified atom stereocenters. The molecule has 0 aliphatic rings. The van der Waals surface area contributed by atoms with E-state index in [-0.39, 0.29) is 29.0 Å². The lowest BCUT2D eigenvalue weighted by atomic mass is 9.87. The first-order chi connectivity index (χ1) is 18.7. The Hall–Kier alpha value is -4.59. The van der Waals surface area contributed by atoms with Crippen molar-refractivity contribution in [2.45, 2.75) is 32.8 Å². The largest absolute Gasteiger partial charge is 0.496 e. The van der Waals surface area contributed by atoms with Crippen LogP contribution in [0.1, 0.15) is 52.7 Å². The van der Waals surface area contributed by atoms with Gasteiger partial charge in [-0.25, -0.2) is 14.3 Å². The maximum atomic E-state index is 13.0. The molecule has 1 aromatic heterocycles. The minimum absolute atomic E-state index is 0.00278. The molecule has 39 heavy (non-hydrogen) atoms. The molecule has 0 aliphatic carbocycles. The van der Waals surface area contributed by atoms with Crippen LogP contribution >= 0.6 is 0 Å². The molecular weight excluding hydrogens is 496 g/mol. The second kappa shape index (κ2) is 11.4. The fraction of sp³-hybridized carbons (Fsp3) is 0.258. The van der Waals surface area contributed by atoms with Gasteiger partial charge in [0, 0.05) is 11.1 Å². The highest BCUT2D eigenvalue weighted by atomic mass is 16.5. The summed E-state index contributed by atoms with van der Waals surface area (Å²) in [4.78, 5) is 25.9. The fourth-order valence-electron chi connectivity index (χ4n) is 4.21. The normalized spacial score (nSPS) is 11.1. The van der Waals surface area contributed by atoms with E-state index in [0.29, 0.717) is 22.7 Å². The molecule has 202 valence electrons. The highest BCUT2D eigenvalue weighted by molar-refractivity contribution is 6.06. The molecule has 0 atom stereocenters. The Morgan fingerprint density at radius 1 is 0.846 bits per heavy atom. The Morgan fingerprint density at radius 3 is 2.10 bits per heavy atom. The number of carbonyl (C=O) groups excluding carboxylic acids is 2. The molecule has 8 heteroatoms. The van der Waals surface area contributed by atoms with Crippen molar-refractivity contribution in [2.75, 3.05) is 21.3 Å². The maximum Gasteiger partial charge on any atom is 0.357 e. The smallest absolute Gasteiger partial charge is 0.357 e. The van der Waals surface area contributed by atoms with Crippen LogP contribution in [-0.2, 0) is 21.5 Å². The topological polar surface area (TPSA) is 88.9 Å². The number of ether oxygens (including phenoxy) is 4. The Bertz CT molecular complexity index is 1470. The maximum absolute atomic E-state index is 13.0. The zero-order valence-electron chi connectivity index (χ0n) is 23.0. The number of methoxy groups -OCH3 is 3. The number of esters is 2. The third-order valence-electron chi connectivity index (χ3n) is 6.32. The van der Waals surface area contributed by atoms with Crippen LogP contribution in [0.25, 0.3) is 16.9 Å². The third-order valence-corrected chi connectivity index (χ3v) is 6.32. The van der Waals surface area contributed by atoms with E-state index in [2.05, 4.69) is 38.0 Å². The summed E-state index contributed by atoms with van der Waals surface area (Å²) in [6.07, 6.45) is 0. The van der Waals surface area contributed by atoms with Gasteiger partial charge in [-0.2, -0.15) is 5.10 Å². The van der Waals surface area contributed by atoms with Gasteiger partial charge in [0.1, 0.15) is 29.4 Å². The van der Waals surface area contributed by atoms with Crippen LogP contribution in [-0.4, -0.2) is 43.0 Å². The summed E-state index contributed by atoms with van der Waals surface area (Å²) in [6, 6.07) is 22.4. The van der Waals surface area contributed by atoms with Gasteiger partial charge in [0.25, 0.3) is 0 Å². The SMILES string of the molecule is COC(=O)c1c(-c2ccc(OC)c(COc3ccc(C(C)(C)C)cc3)c2)nn(-c2ccccc2)c1C(=O)OC. The first-order valence-corrected chi connectivity index (χ1v) is 12.4. The number of para-hydroxylation sites is 1. The van der Waals surface area contributed by atoms with E-state index >= 15 is 0 Å². The van der Waals surface area contributed by atoms with E-state index in [1.165, 1.54) is 24.5 Å². The zero-order valence-corrected chi connectivity index (χ0v) is 23.0. The molecule has 0 aliphatic heterocycles. The third kappa shape index (κ3) is 5.80. The number of rotatable bonds is 8. The lowest BCUT2D eigenvalue weighted by Crippen LogP contribution is -2.15. The van der Waals surface area contributed by atoms with Gasteiger partial charge in [0.15, 0.2) is 5.69 Å². The summed E-state index contributed by atoms with van der Waals surface area (Å²) in [5.41, 5.74) is 3.40. The highest BCUT2D eigenvalue weighted by Crippen LogP contribution is 2.33. The first-order valence-electron chi connectivity index (χ1n) is 12.4. The number of hydrogen-bond acceptors (Lipinski definition) is 7. The molecule has 4 aromatic rings. The number of aromatic nitrogens is 2. The number of carbonyl (C=O) groups is 2. The van der Waals surface area contributed by atoms with E-state index < -0.39 is 11.9 Å². The van der Waals surface area contributed by atoms with E-state index in [9.17, 15) is 9.59 Å². The van der Waals surface area contributed by atoms with E-state index in [1.54, 1.807) is 31.4 Å². The van der Waals surface area contributed by atoms with Crippen molar-refractivity contribution in [2.24, 2.45) is 0 Å². The first kappa shape index (κ1) is 27.4. The van der Waals surface area contributed by atoms with Crippen LogP contribution in [0.5, 0.6) is 11.5 Å². The predicted molar refractivity (Wildman–Crippen MR) is 148 cm³/mol. The summed E-state index contributed by atoms with van der Waals surface area (Å²) in [7, 11) is 4.09. The molecular formula is C31H32N2O6. The standard InChI is InChI=1S/C31H32N2O6/c1-31(2,3)22-13-15-24(16-14-22)39-19-21-18-20(12-17-25(21)36-4)27-26(29(34)37-5)28(30(35)38-6)33(32-27)23-10-8-7-9-11-23/h7-18H,19H2,1-6H3.